The van der Waals surface area contributed by atoms with E-state index in [9.17, 15) is 24.1 Å². The average molecular weight is 403 g/mol. The number of hydrogen-bond donors (Lipinski definition) is 0. The molecule has 1 heterocycles. The van der Waals surface area contributed by atoms with Crippen molar-refractivity contribution in [2.75, 3.05) is 7.11 Å². The van der Waals surface area contributed by atoms with Crippen LogP contribution in [0.3, 0.4) is 0 Å². The van der Waals surface area contributed by atoms with Crippen LogP contribution in [0.2, 0.25) is 0 Å². The van der Waals surface area contributed by atoms with Crippen LogP contribution < -0.4 is 4.80 Å². The minimum atomic E-state index is -0.585. The molecule has 28 heavy (non-hydrogen) atoms. The van der Waals surface area contributed by atoms with E-state index in [4.69, 9.17) is 0 Å². The molecule has 8 nitrogen and oxygen atoms in total. The van der Waals surface area contributed by atoms with E-state index in [0.29, 0.717) is 15.8 Å². The summed E-state index contributed by atoms with van der Waals surface area (Å²) in [5, 5.41) is 11.0. The first-order chi connectivity index (χ1) is 13.4. The standard InChI is InChI=1S/C18H14FN3O5S/c1-27-17(24)10-21-14-9-13(22(25)26)6-7-15(14)28-18(21)20-16(23)8-11-2-4-12(19)5-3-11/h2-7,9H,8,10H2,1H3. The van der Waals surface area contributed by atoms with E-state index in [-0.39, 0.29) is 23.5 Å². The smallest absolute Gasteiger partial charge is 0.325 e. The van der Waals surface area contributed by atoms with Crippen molar-refractivity contribution in [3.05, 3.63) is 68.8 Å². The first kappa shape index (κ1) is 19.4. The Balaban J connectivity index is 2.04. The molecule has 10 heteroatoms. The van der Waals surface area contributed by atoms with Crippen LogP contribution in [0, 0.1) is 15.9 Å². The molecule has 1 amide bonds. The first-order valence-corrected chi connectivity index (χ1v) is 8.85. The SMILES string of the molecule is COC(=O)Cn1c(=NC(=O)Cc2ccc(F)cc2)sc2ccc([N+](=O)[O-])cc21. The number of esters is 1. The summed E-state index contributed by atoms with van der Waals surface area (Å²) in [5.41, 5.74) is 0.845. The normalized spacial score (nSPS) is 11.6. The highest BCUT2D eigenvalue weighted by Gasteiger charge is 2.15. The Morgan fingerprint density at radius 2 is 1.96 bits per heavy atom. The van der Waals surface area contributed by atoms with Crippen LogP contribution >= 0.6 is 11.3 Å². The van der Waals surface area contributed by atoms with Crippen LogP contribution in [0.25, 0.3) is 10.2 Å². The maximum atomic E-state index is 13.0. The number of amides is 1. The van der Waals surface area contributed by atoms with E-state index in [0.717, 1.165) is 11.3 Å². The zero-order valence-corrected chi connectivity index (χ0v) is 15.4. The van der Waals surface area contributed by atoms with Crippen LogP contribution in [-0.2, 0) is 27.3 Å². The number of halogens is 1. The van der Waals surface area contributed by atoms with Crippen LogP contribution in [0.15, 0.2) is 47.5 Å². The summed E-state index contributed by atoms with van der Waals surface area (Å²) >= 11 is 1.12. The molecule has 0 saturated carbocycles. The number of rotatable bonds is 5. The second-order valence-corrected chi connectivity index (χ2v) is 6.77. The molecular weight excluding hydrogens is 389 g/mol. The molecule has 0 radical (unpaired) electrons. The zero-order valence-electron chi connectivity index (χ0n) is 14.6. The number of thiazole rings is 1. The maximum Gasteiger partial charge on any atom is 0.325 e. The second kappa shape index (κ2) is 8.09. The van der Waals surface area contributed by atoms with Gasteiger partial charge in [0.1, 0.15) is 12.4 Å². The molecule has 3 rings (SSSR count). The number of carbonyl (C=O) groups excluding carboxylic acids is 2. The third-order valence-electron chi connectivity index (χ3n) is 3.88. The van der Waals surface area contributed by atoms with E-state index >= 15 is 0 Å². The molecule has 0 bridgehead atoms. The summed E-state index contributed by atoms with van der Waals surface area (Å²) in [6.07, 6.45) is -0.0487. The van der Waals surface area contributed by atoms with Crippen molar-refractivity contribution in [3.8, 4) is 0 Å². The predicted molar refractivity (Wildman–Crippen MR) is 99.2 cm³/mol. The Kier molecular flexibility index (Phi) is 5.59. The van der Waals surface area contributed by atoms with E-state index in [1.807, 2.05) is 0 Å². The summed E-state index contributed by atoms with van der Waals surface area (Å²) in [4.78, 5) is 38.9. The lowest BCUT2D eigenvalue weighted by atomic mass is 10.1. The fourth-order valence-electron chi connectivity index (χ4n) is 2.53. The number of aromatic nitrogens is 1. The number of nitro groups is 1. The minimum Gasteiger partial charge on any atom is -0.468 e. The second-order valence-electron chi connectivity index (χ2n) is 5.76. The lowest BCUT2D eigenvalue weighted by molar-refractivity contribution is -0.384. The molecule has 2 aromatic carbocycles. The quantitative estimate of drug-likeness (QED) is 0.370. The lowest BCUT2D eigenvalue weighted by Crippen LogP contribution is -2.22. The predicted octanol–water partition coefficient (Wildman–Crippen LogP) is 2.59. The molecule has 0 saturated heterocycles. The minimum absolute atomic E-state index is 0.0487. The summed E-state index contributed by atoms with van der Waals surface area (Å²) < 4.78 is 19.7. The Morgan fingerprint density at radius 1 is 1.25 bits per heavy atom. The van der Waals surface area contributed by atoms with Gasteiger partial charge in [-0.05, 0) is 23.8 Å². The van der Waals surface area contributed by atoms with E-state index < -0.39 is 22.6 Å². The fraction of sp³-hybridized carbons (Fsp3) is 0.167. The van der Waals surface area contributed by atoms with Gasteiger partial charge in [-0.15, -0.1) is 0 Å². The number of hydrogen-bond acceptors (Lipinski definition) is 6. The largest absolute Gasteiger partial charge is 0.468 e. The molecule has 0 aliphatic carbocycles. The first-order valence-electron chi connectivity index (χ1n) is 8.04. The van der Waals surface area contributed by atoms with Crippen molar-refractivity contribution in [3.63, 3.8) is 0 Å². The number of nitro benzene ring substituents is 1. The number of fused-ring (bicyclic) bond motifs is 1. The van der Waals surface area contributed by atoms with Gasteiger partial charge in [-0.25, -0.2) is 4.39 Å². The van der Waals surface area contributed by atoms with Crippen LogP contribution in [-0.4, -0.2) is 28.5 Å². The molecule has 0 fully saturated rings. The van der Waals surface area contributed by atoms with E-state index in [1.54, 1.807) is 0 Å². The van der Waals surface area contributed by atoms with Gasteiger partial charge in [-0.2, -0.15) is 4.99 Å². The lowest BCUT2D eigenvalue weighted by Gasteiger charge is -2.03. The highest BCUT2D eigenvalue weighted by molar-refractivity contribution is 7.16. The van der Waals surface area contributed by atoms with Crippen LogP contribution in [0.1, 0.15) is 5.56 Å². The maximum absolute atomic E-state index is 13.0. The number of nitrogens with zero attached hydrogens (tertiary/aromatic N) is 3. The van der Waals surface area contributed by atoms with Gasteiger partial charge in [0.25, 0.3) is 11.6 Å². The van der Waals surface area contributed by atoms with Crippen LogP contribution in [0.5, 0.6) is 0 Å². The van der Waals surface area contributed by atoms with Crippen molar-refractivity contribution in [1.82, 2.24) is 4.57 Å². The van der Waals surface area contributed by atoms with Crippen molar-refractivity contribution in [2.45, 2.75) is 13.0 Å². The van der Waals surface area contributed by atoms with Gasteiger partial charge in [0.15, 0.2) is 4.80 Å². The van der Waals surface area contributed by atoms with Gasteiger partial charge >= 0.3 is 5.97 Å². The topological polar surface area (TPSA) is 104 Å². The monoisotopic (exact) mass is 403 g/mol. The van der Waals surface area contributed by atoms with Gasteiger partial charge in [0.05, 0.1) is 28.7 Å². The summed E-state index contributed by atoms with van der Waals surface area (Å²) in [5.74, 6) is -1.49. The van der Waals surface area contributed by atoms with Crippen molar-refractivity contribution in [2.24, 2.45) is 4.99 Å². The molecular formula is C18H14FN3O5S. The van der Waals surface area contributed by atoms with E-state index in [1.165, 1.54) is 54.1 Å². The number of methoxy groups -OCH3 is 1. The molecule has 0 aliphatic rings. The number of non-ortho nitro benzene ring substituents is 1. The highest BCUT2D eigenvalue weighted by Crippen LogP contribution is 2.23. The summed E-state index contributed by atoms with van der Waals surface area (Å²) in [6.45, 7) is -0.250. The molecule has 1 aromatic heterocycles. The van der Waals surface area contributed by atoms with Gasteiger partial charge in [0, 0.05) is 12.1 Å². The molecule has 0 unspecified atom stereocenters. The number of carbonyl (C=O) groups is 2. The van der Waals surface area contributed by atoms with Gasteiger partial charge in [-0.3, -0.25) is 19.7 Å². The summed E-state index contributed by atoms with van der Waals surface area (Å²) in [7, 11) is 1.22. The van der Waals surface area contributed by atoms with Gasteiger partial charge in [-0.1, -0.05) is 23.5 Å². The van der Waals surface area contributed by atoms with E-state index in [2.05, 4.69) is 9.73 Å². The number of benzene rings is 2. The van der Waals surface area contributed by atoms with Crippen molar-refractivity contribution < 1.29 is 23.6 Å². The number of ether oxygens (including phenoxy) is 1. The Morgan fingerprint density at radius 3 is 2.61 bits per heavy atom. The molecule has 3 aromatic rings. The fourth-order valence-corrected chi connectivity index (χ4v) is 3.55. The van der Waals surface area contributed by atoms with Crippen molar-refractivity contribution >= 4 is 39.1 Å². The Hall–Kier alpha value is -3.40. The zero-order chi connectivity index (χ0) is 20.3. The average Bonchev–Trinajstić information content (AvgIpc) is 2.99. The van der Waals surface area contributed by atoms with Crippen LogP contribution in [0.4, 0.5) is 10.1 Å². The van der Waals surface area contributed by atoms with Crippen molar-refractivity contribution in [1.29, 1.82) is 0 Å². The third kappa shape index (κ3) is 4.29. The molecule has 0 atom stereocenters. The molecule has 0 N–H and O–H groups in total. The Bertz CT molecular complexity index is 1130. The Labute approximate surface area is 161 Å². The highest BCUT2D eigenvalue weighted by atomic mass is 32.1. The third-order valence-corrected chi connectivity index (χ3v) is 4.94. The molecule has 0 spiro atoms. The molecule has 144 valence electrons. The summed E-state index contributed by atoms with van der Waals surface area (Å²) in [6, 6.07) is 9.66. The van der Waals surface area contributed by atoms with Gasteiger partial charge in [0.2, 0.25) is 0 Å². The molecule has 0 aliphatic heterocycles. The van der Waals surface area contributed by atoms with Gasteiger partial charge < -0.3 is 9.30 Å².